The summed E-state index contributed by atoms with van der Waals surface area (Å²) < 4.78 is 10.6. The lowest BCUT2D eigenvalue weighted by molar-refractivity contribution is -0.114. The quantitative estimate of drug-likeness (QED) is 0.893. The molecule has 0 fully saturated rings. The number of anilines is 1. The normalized spacial score (nSPS) is 10.1. The predicted molar refractivity (Wildman–Crippen MR) is 64.1 cm³/mol. The molecule has 2 aromatic rings. The molecule has 1 aromatic heterocycles. The van der Waals surface area contributed by atoms with Gasteiger partial charge in [-0.05, 0) is 24.3 Å². The summed E-state index contributed by atoms with van der Waals surface area (Å²) in [7, 11) is 0. The molecule has 6 heteroatoms. The lowest BCUT2D eigenvalue weighted by Crippen LogP contribution is -2.05. The van der Waals surface area contributed by atoms with Crippen molar-refractivity contribution < 1.29 is 13.9 Å². The summed E-state index contributed by atoms with van der Waals surface area (Å²) >= 11 is 0. The van der Waals surface area contributed by atoms with E-state index < -0.39 is 0 Å². The highest BCUT2D eigenvalue weighted by Gasteiger charge is 2.03. The molecule has 6 nitrogen and oxygen atoms in total. The van der Waals surface area contributed by atoms with Crippen molar-refractivity contribution in [2.45, 2.75) is 20.5 Å². The minimum atomic E-state index is -0.106. The lowest BCUT2D eigenvalue weighted by atomic mass is 10.3. The minimum Gasteiger partial charge on any atom is -0.484 e. The molecule has 0 aliphatic carbocycles. The smallest absolute Gasteiger partial charge is 0.253 e. The van der Waals surface area contributed by atoms with Crippen molar-refractivity contribution in [3.8, 4) is 5.75 Å². The van der Waals surface area contributed by atoms with Crippen molar-refractivity contribution >= 4 is 11.6 Å². The van der Waals surface area contributed by atoms with Crippen LogP contribution in [0.2, 0.25) is 0 Å². The number of carbonyl (C=O) groups excluding carboxylic acids is 1. The van der Waals surface area contributed by atoms with Gasteiger partial charge < -0.3 is 14.5 Å². The van der Waals surface area contributed by atoms with E-state index in [1.54, 1.807) is 31.2 Å². The van der Waals surface area contributed by atoms with E-state index in [0.717, 1.165) is 5.69 Å². The van der Waals surface area contributed by atoms with Crippen LogP contribution in [0.15, 0.2) is 28.7 Å². The van der Waals surface area contributed by atoms with E-state index in [2.05, 4.69) is 15.5 Å². The molecule has 0 aliphatic rings. The Morgan fingerprint density at radius 1 is 1.33 bits per heavy atom. The van der Waals surface area contributed by atoms with Gasteiger partial charge in [0.1, 0.15) is 5.75 Å². The molecule has 18 heavy (non-hydrogen) atoms. The average molecular weight is 247 g/mol. The van der Waals surface area contributed by atoms with Crippen molar-refractivity contribution in [1.29, 1.82) is 0 Å². The van der Waals surface area contributed by atoms with E-state index in [0.29, 0.717) is 17.5 Å². The first-order valence-electron chi connectivity index (χ1n) is 5.43. The summed E-state index contributed by atoms with van der Waals surface area (Å²) in [4.78, 5) is 10.8. The third-order valence-electron chi connectivity index (χ3n) is 2.10. The number of hydrogen-bond donors (Lipinski definition) is 1. The summed E-state index contributed by atoms with van der Waals surface area (Å²) in [5.41, 5.74) is 0.725. The highest BCUT2D eigenvalue weighted by molar-refractivity contribution is 5.88. The van der Waals surface area contributed by atoms with Gasteiger partial charge in [0.2, 0.25) is 11.8 Å². The summed E-state index contributed by atoms with van der Waals surface area (Å²) in [6, 6.07) is 7.04. The second-order valence-corrected chi connectivity index (χ2v) is 3.71. The van der Waals surface area contributed by atoms with E-state index in [4.69, 9.17) is 9.15 Å². The zero-order valence-corrected chi connectivity index (χ0v) is 10.1. The number of nitrogens with zero attached hydrogens (tertiary/aromatic N) is 2. The number of benzene rings is 1. The van der Waals surface area contributed by atoms with Crippen LogP contribution >= 0.6 is 0 Å². The second-order valence-electron chi connectivity index (χ2n) is 3.71. The van der Waals surface area contributed by atoms with Crippen molar-refractivity contribution in [3.63, 3.8) is 0 Å². The number of nitrogens with one attached hydrogen (secondary N) is 1. The summed E-state index contributed by atoms with van der Waals surface area (Å²) in [5, 5.41) is 10.2. The number of amides is 1. The highest BCUT2D eigenvalue weighted by atomic mass is 16.5. The van der Waals surface area contributed by atoms with Crippen LogP contribution in [-0.2, 0) is 11.4 Å². The summed E-state index contributed by atoms with van der Waals surface area (Å²) in [6.07, 6.45) is 0. The fourth-order valence-electron chi connectivity index (χ4n) is 1.38. The zero-order chi connectivity index (χ0) is 13.0. The molecule has 0 unspecified atom stereocenters. The molecule has 1 aromatic carbocycles. The van der Waals surface area contributed by atoms with Crippen LogP contribution in [0.4, 0.5) is 5.69 Å². The van der Waals surface area contributed by atoms with Gasteiger partial charge in [-0.1, -0.05) is 0 Å². The first kappa shape index (κ1) is 12.1. The van der Waals surface area contributed by atoms with Gasteiger partial charge >= 0.3 is 0 Å². The molecule has 0 saturated carbocycles. The maximum absolute atomic E-state index is 10.8. The standard InChI is InChI=1S/C12H13N3O3/c1-8(16)13-10-3-5-11(6-4-10)17-7-12-15-14-9(2)18-12/h3-6H,7H2,1-2H3,(H,13,16). The van der Waals surface area contributed by atoms with Gasteiger partial charge in [-0.2, -0.15) is 0 Å². The Morgan fingerprint density at radius 2 is 2.06 bits per heavy atom. The molecular formula is C12H13N3O3. The first-order valence-corrected chi connectivity index (χ1v) is 5.43. The Balaban J connectivity index is 1.92. The topological polar surface area (TPSA) is 77.2 Å². The molecule has 0 saturated heterocycles. The summed E-state index contributed by atoms with van der Waals surface area (Å²) in [6.45, 7) is 3.40. The lowest BCUT2D eigenvalue weighted by Gasteiger charge is -2.05. The maximum atomic E-state index is 10.8. The van der Waals surface area contributed by atoms with Gasteiger partial charge in [0, 0.05) is 19.5 Å². The van der Waals surface area contributed by atoms with Crippen molar-refractivity contribution in [2.75, 3.05) is 5.32 Å². The first-order chi connectivity index (χ1) is 8.63. The largest absolute Gasteiger partial charge is 0.484 e. The molecule has 1 heterocycles. The number of aromatic nitrogens is 2. The average Bonchev–Trinajstić information content (AvgIpc) is 2.74. The fourth-order valence-corrected chi connectivity index (χ4v) is 1.38. The van der Waals surface area contributed by atoms with Gasteiger partial charge in [0.25, 0.3) is 5.89 Å². The maximum Gasteiger partial charge on any atom is 0.253 e. The van der Waals surface area contributed by atoms with Gasteiger partial charge in [-0.25, -0.2) is 0 Å². The minimum absolute atomic E-state index is 0.106. The Hall–Kier alpha value is -2.37. The molecule has 2 rings (SSSR count). The van der Waals surface area contributed by atoms with Gasteiger partial charge in [0.15, 0.2) is 6.61 Å². The van der Waals surface area contributed by atoms with Crippen LogP contribution in [-0.4, -0.2) is 16.1 Å². The van der Waals surface area contributed by atoms with Gasteiger partial charge in [-0.3, -0.25) is 4.79 Å². The van der Waals surface area contributed by atoms with E-state index >= 15 is 0 Å². The molecule has 0 spiro atoms. The Labute approximate surface area is 104 Å². The predicted octanol–water partition coefficient (Wildman–Crippen LogP) is 1.92. The van der Waals surface area contributed by atoms with Crippen LogP contribution in [0.25, 0.3) is 0 Å². The Bertz CT molecular complexity index is 534. The Kier molecular flexibility index (Phi) is 3.57. The molecule has 94 valence electrons. The molecule has 0 aliphatic heterocycles. The van der Waals surface area contributed by atoms with E-state index in [9.17, 15) is 4.79 Å². The molecule has 0 bridgehead atoms. The molecular weight excluding hydrogens is 234 g/mol. The number of ether oxygens (including phenoxy) is 1. The van der Waals surface area contributed by atoms with Crippen LogP contribution < -0.4 is 10.1 Å². The van der Waals surface area contributed by atoms with Crippen LogP contribution in [0.5, 0.6) is 5.75 Å². The monoisotopic (exact) mass is 247 g/mol. The Morgan fingerprint density at radius 3 is 2.61 bits per heavy atom. The van der Waals surface area contributed by atoms with E-state index in [1.807, 2.05) is 0 Å². The van der Waals surface area contributed by atoms with E-state index in [1.165, 1.54) is 6.92 Å². The molecule has 1 amide bonds. The van der Waals surface area contributed by atoms with Crippen LogP contribution in [0, 0.1) is 6.92 Å². The van der Waals surface area contributed by atoms with Crippen molar-refractivity contribution in [1.82, 2.24) is 10.2 Å². The van der Waals surface area contributed by atoms with Crippen LogP contribution in [0.1, 0.15) is 18.7 Å². The number of aryl methyl sites for hydroxylation is 1. The van der Waals surface area contributed by atoms with Crippen molar-refractivity contribution in [3.05, 3.63) is 36.0 Å². The third-order valence-corrected chi connectivity index (χ3v) is 2.10. The SMILES string of the molecule is CC(=O)Nc1ccc(OCc2nnc(C)o2)cc1. The zero-order valence-electron chi connectivity index (χ0n) is 10.1. The fraction of sp³-hybridized carbons (Fsp3) is 0.250. The second kappa shape index (κ2) is 5.31. The number of carbonyl (C=O) groups is 1. The third kappa shape index (κ3) is 3.31. The summed E-state index contributed by atoms with van der Waals surface area (Å²) in [5.74, 6) is 1.50. The molecule has 0 radical (unpaired) electrons. The number of rotatable bonds is 4. The van der Waals surface area contributed by atoms with Gasteiger partial charge in [-0.15, -0.1) is 10.2 Å². The molecule has 0 atom stereocenters. The van der Waals surface area contributed by atoms with E-state index in [-0.39, 0.29) is 12.5 Å². The van der Waals surface area contributed by atoms with Crippen LogP contribution in [0.3, 0.4) is 0 Å². The van der Waals surface area contributed by atoms with Crippen molar-refractivity contribution in [2.24, 2.45) is 0 Å². The van der Waals surface area contributed by atoms with Gasteiger partial charge in [0.05, 0.1) is 0 Å². The molecule has 1 N–H and O–H groups in total. The highest BCUT2D eigenvalue weighted by Crippen LogP contribution is 2.16. The number of hydrogen-bond acceptors (Lipinski definition) is 5.